The van der Waals surface area contributed by atoms with Crippen LogP contribution in [0.25, 0.3) is 11.3 Å². The minimum atomic E-state index is -3.04. The van der Waals surface area contributed by atoms with Gasteiger partial charge in [-0.2, -0.15) is 0 Å². The van der Waals surface area contributed by atoms with Gasteiger partial charge in [-0.05, 0) is 36.5 Å². The van der Waals surface area contributed by atoms with Crippen molar-refractivity contribution in [3.8, 4) is 22.8 Å². The summed E-state index contributed by atoms with van der Waals surface area (Å²) < 4.78 is 33.5. The summed E-state index contributed by atoms with van der Waals surface area (Å²) in [5.74, 6) is 1.29. The molecule has 10 heteroatoms. The third-order valence-electron chi connectivity index (χ3n) is 3.64. The van der Waals surface area contributed by atoms with Gasteiger partial charge in [-0.1, -0.05) is 0 Å². The second-order valence-electron chi connectivity index (χ2n) is 5.47. The number of hydrogen-bond donors (Lipinski definition) is 2. The van der Waals surface area contributed by atoms with Crippen LogP contribution in [0.5, 0.6) is 11.5 Å². The van der Waals surface area contributed by atoms with E-state index in [1.807, 2.05) is 23.6 Å². The van der Waals surface area contributed by atoms with Gasteiger partial charge < -0.3 is 20.1 Å². The summed E-state index contributed by atoms with van der Waals surface area (Å²) in [7, 11) is 0.130. The predicted molar refractivity (Wildman–Crippen MR) is 107 cm³/mol. The van der Waals surface area contributed by atoms with Crippen LogP contribution >= 0.6 is 23.6 Å². The number of benzene rings is 1. The Bertz CT molecular complexity index is 967. The molecule has 0 atom stereocenters. The van der Waals surface area contributed by atoms with E-state index >= 15 is 0 Å². The van der Waals surface area contributed by atoms with Gasteiger partial charge in [0.2, 0.25) is 0 Å². The van der Waals surface area contributed by atoms with Gasteiger partial charge >= 0.3 is 0 Å². The molecule has 1 aromatic heterocycles. The third kappa shape index (κ3) is 4.32. The molecule has 2 heterocycles. The number of rotatable bonds is 5. The molecule has 0 aliphatic carbocycles. The second-order valence-corrected chi connectivity index (χ2v) is 8.85. The summed E-state index contributed by atoms with van der Waals surface area (Å²) >= 11 is 6.61. The lowest BCUT2D eigenvalue weighted by molar-refractivity contribution is 0.355. The van der Waals surface area contributed by atoms with Crippen molar-refractivity contribution in [3.05, 3.63) is 35.4 Å². The lowest BCUT2D eigenvalue weighted by Crippen LogP contribution is -2.28. The summed E-state index contributed by atoms with van der Waals surface area (Å²) in [5, 5.41) is 8.68. The zero-order chi connectivity index (χ0) is 18.7. The Hall–Kier alpha value is -2.17. The molecule has 0 spiro atoms. The maximum absolute atomic E-state index is 11.5. The minimum absolute atomic E-state index is 0.0242. The number of sulfone groups is 1. The Labute approximate surface area is 161 Å². The van der Waals surface area contributed by atoms with E-state index in [1.165, 1.54) is 11.3 Å². The smallest absolute Gasteiger partial charge is 0.189 e. The Kier molecular flexibility index (Phi) is 5.44. The molecule has 138 valence electrons. The van der Waals surface area contributed by atoms with Crippen LogP contribution < -0.4 is 20.1 Å². The highest BCUT2D eigenvalue weighted by atomic mass is 32.2. The number of nitrogens with one attached hydrogen (secondary N) is 2. The van der Waals surface area contributed by atoms with Crippen molar-refractivity contribution in [3.63, 3.8) is 0 Å². The quantitative estimate of drug-likeness (QED) is 0.725. The number of thiocarbonyl (C=S) groups is 1. The molecule has 0 saturated carbocycles. The van der Waals surface area contributed by atoms with Crippen LogP contribution in [-0.2, 0) is 9.84 Å². The zero-order valence-electron chi connectivity index (χ0n) is 14.1. The molecule has 26 heavy (non-hydrogen) atoms. The van der Waals surface area contributed by atoms with Gasteiger partial charge in [-0.3, -0.25) is 0 Å². The van der Waals surface area contributed by atoms with E-state index in [2.05, 4.69) is 15.6 Å². The molecule has 1 aliphatic heterocycles. The highest BCUT2D eigenvalue weighted by molar-refractivity contribution is 7.92. The number of anilines is 1. The number of aromatic nitrogens is 1. The largest absolute Gasteiger partial charge is 0.493 e. The number of methoxy groups -OCH3 is 2. The van der Waals surface area contributed by atoms with Crippen molar-refractivity contribution in [2.45, 2.75) is 0 Å². The van der Waals surface area contributed by atoms with Crippen LogP contribution in [0.2, 0.25) is 0 Å². The molecule has 1 aromatic carbocycles. The molecule has 2 N–H and O–H groups in total. The Balaban J connectivity index is 1.67. The normalized spacial score (nSPS) is 15.2. The van der Waals surface area contributed by atoms with Gasteiger partial charge in [0.05, 0.1) is 31.4 Å². The van der Waals surface area contributed by atoms with E-state index in [1.54, 1.807) is 20.3 Å². The number of nitrogens with zero attached hydrogens (tertiary/aromatic N) is 1. The summed E-state index contributed by atoms with van der Waals surface area (Å²) in [4.78, 5) is 4.50. The molecule has 0 fully saturated rings. The Morgan fingerprint density at radius 3 is 2.65 bits per heavy atom. The predicted octanol–water partition coefficient (Wildman–Crippen LogP) is 2.43. The van der Waals surface area contributed by atoms with Crippen molar-refractivity contribution >= 4 is 43.6 Å². The molecule has 1 aliphatic rings. The lowest BCUT2D eigenvalue weighted by atomic mass is 10.1. The summed E-state index contributed by atoms with van der Waals surface area (Å²) in [6.07, 6.45) is 1.63. The molecular formula is C16H17N3O4S3. The van der Waals surface area contributed by atoms with Crippen LogP contribution in [0.1, 0.15) is 0 Å². The molecule has 7 nitrogen and oxygen atoms in total. The molecule has 0 radical (unpaired) electrons. The SMILES string of the molecule is COc1ccc(-c2csc(NC(=S)NC3=CCS(=O)(=O)C3)n2)cc1OC. The first-order valence-corrected chi connectivity index (χ1v) is 10.7. The first kappa shape index (κ1) is 18.6. The number of hydrogen-bond acceptors (Lipinski definition) is 7. The van der Waals surface area contributed by atoms with E-state index in [4.69, 9.17) is 21.7 Å². The fraction of sp³-hybridized carbons (Fsp3) is 0.250. The van der Waals surface area contributed by atoms with Crippen molar-refractivity contribution in [2.24, 2.45) is 0 Å². The monoisotopic (exact) mass is 411 g/mol. The third-order valence-corrected chi connectivity index (χ3v) is 6.02. The minimum Gasteiger partial charge on any atom is -0.493 e. The molecule has 0 amide bonds. The molecule has 2 aromatic rings. The van der Waals surface area contributed by atoms with E-state index in [0.29, 0.717) is 27.4 Å². The van der Waals surface area contributed by atoms with Crippen LogP contribution in [0.15, 0.2) is 35.4 Å². The van der Waals surface area contributed by atoms with Crippen molar-refractivity contribution in [1.29, 1.82) is 0 Å². The Morgan fingerprint density at radius 1 is 1.23 bits per heavy atom. The number of ether oxygens (including phenoxy) is 2. The van der Waals surface area contributed by atoms with Crippen LogP contribution in [0, 0.1) is 0 Å². The van der Waals surface area contributed by atoms with Gasteiger partial charge in [-0.15, -0.1) is 11.3 Å². The van der Waals surface area contributed by atoms with E-state index < -0.39 is 9.84 Å². The van der Waals surface area contributed by atoms with Crippen molar-refractivity contribution in [1.82, 2.24) is 10.3 Å². The fourth-order valence-electron chi connectivity index (χ4n) is 2.40. The van der Waals surface area contributed by atoms with Crippen LogP contribution in [-0.4, -0.2) is 44.2 Å². The second kappa shape index (κ2) is 7.60. The number of thiazole rings is 1. The average molecular weight is 412 g/mol. The standard InChI is InChI=1S/C16H17N3O4S3/c1-22-13-4-3-10(7-14(13)23-2)12-8-25-16(18-12)19-15(24)17-11-5-6-26(20,21)9-11/h3-5,7-8H,6,9H2,1-2H3,(H2,17,18,19,24). The molecule has 0 bridgehead atoms. The van der Waals surface area contributed by atoms with Gasteiger partial charge in [-0.25, -0.2) is 13.4 Å². The highest BCUT2D eigenvalue weighted by Gasteiger charge is 2.20. The summed E-state index contributed by atoms with van der Waals surface area (Å²) in [6, 6.07) is 5.56. The zero-order valence-corrected chi connectivity index (χ0v) is 16.6. The van der Waals surface area contributed by atoms with Crippen molar-refractivity contribution in [2.75, 3.05) is 31.0 Å². The molecular weight excluding hydrogens is 394 g/mol. The average Bonchev–Trinajstić information content (AvgIpc) is 3.20. The van der Waals surface area contributed by atoms with E-state index in [0.717, 1.165) is 11.3 Å². The van der Waals surface area contributed by atoms with Gasteiger partial charge in [0.1, 0.15) is 0 Å². The first-order valence-electron chi connectivity index (χ1n) is 7.55. The maximum atomic E-state index is 11.5. The van der Waals surface area contributed by atoms with Gasteiger partial charge in [0, 0.05) is 16.6 Å². The van der Waals surface area contributed by atoms with E-state index in [9.17, 15) is 8.42 Å². The van der Waals surface area contributed by atoms with E-state index in [-0.39, 0.29) is 11.5 Å². The topological polar surface area (TPSA) is 89.6 Å². The molecule has 0 saturated heterocycles. The van der Waals surface area contributed by atoms with Gasteiger partial charge in [0.25, 0.3) is 0 Å². The molecule has 0 unspecified atom stereocenters. The maximum Gasteiger partial charge on any atom is 0.189 e. The van der Waals surface area contributed by atoms with Crippen LogP contribution in [0.4, 0.5) is 5.13 Å². The Morgan fingerprint density at radius 2 is 2.00 bits per heavy atom. The first-order chi connectivity index (χ1) is 12.4. The summed E-state index contributed by atoms with van der Waals surface area (Å²) in [5.41, 5.74) is 2.23. The van der Waals surface area contributed by atoms with Crippen molar-refractivity contribution < 1.29 is 17.9 Å². The van der Waals surface area contributed by atoms with Crippen LogP contribution in [0.3, 0.4) is 0 Å². The fourth-order valence-corrected chi connectivity index (χ4v) is 4.66. The van der Waals surface area contributed by atoms with Gasteiger partial charge in [0.15, 0.2) is 31.6 Å². The molecule has 3 rings (SSSR count). The summed E-state index contributed by atoms with van der Waals surface area (Å²) in [6.45, 7) is 0. The lowest BCUT2D eigenvalue weighted by Gasteiger charge is -2.09. The highest BCUT2D eigenvalue weighted by Crippen LogP contribution is 2.33.